The number of hydrogen-bond donors (Lipinski definition) is 2. The van der Waals surface area contributed by atoms with Crippen LogP contribution in [-0.4, -0.2) is 23.1 Å². The zero-order valence-corrected chi connectivity index (χ0v) is 22.3. The number of benzene rings is 4. The van der Waals surface area contributed by atoms with E-state index in [1.165, 1.54) is 0 Å². The number of aryl methyl sites for hydroxylation is 1. The quantitative estimate of drug-likeness (QED) is 0.181. The number of ether oxygens (including phenoxy) is 1. The Hall–Kier alpha value is -4.84. The predicted octanol–water partition coefficient (Wildman–Crippen LogP) is 7.77. The molecule has 0 spiro atoms. The van der Waals surface area contributed by atoms with E-state index in [0.29, 0.717) is 29.2 Å². The standard InChI is InChI=1S/C34H31NO5/c1-2-3-12-30-32(28-11-7-8-13-29(28)40-30)33(36)35-26-18-14-24(15-19-26)25-16-20-27(21-17-25)39-31(34(37)38)22-23-9-5-4-6-10-23/h4-11,13-21,31H,2-3,12,22H2,1H3,(H,35,36)(H,37,38). The topological polar surface area (TPSA) is 88.8 Å². The Labute approximate surface area is 233 Å². The molecule has 5 rings (SSSR count). The zero-order chi connectivity index (χ0) is 27.9. The molecule has 0 aliphatic carbocycles. The fourth-order valence-corrected chi connectivity index (χ4v) is 4.70. The number of carbonyl (C=O) groups excluding carboxylic acids is 1. The van der Waals surface area contributed by atoms with Crippen LogP contribution >= 0.6 is 0 Å². The fourth-order valence-electron chi connectivity index (χ4n) is 4.70. The van der Waals surface area contributed by atoms with Crippen LogP contribution < -0.4 is 10.1 Å². The molecule has 2 N–H and O–H groups in total. The maximum Gasteiger partial charge on any atom is 0.345 e. The summed E-state index contributed by atoms with van der Waals surface area (Å²) in [6.45, 7) is 2.11. The lowest BCUT2D eigenvalue weighted by Crippen LogP contribution is -2.29. The van der Waals surface area contributed by atoms with Gasteiger partial charge in [-0.15, -0.1) is 0 Å². The van der Waals surface area contributed by atoms with Gasteiger partial charge >= 0.3 is 5.97 Å². The SMILES string of the molecule is CCCCc1oc2ccccc2c1C(=O)Nc1ccc(-c2ccc(OC(Cc3ccccc3)C(=O)O)cc2)cc1. The molecule has 0 saturated heterocycles. The number of unbranched alkanes of at least 4 members (excludes halogenated alkanes) is 1. The summed E-state index contributed by atoms with van der Waals surface area (Å²) in [4.78, 5) is 25.0. The number of aliphatic carboxylic acids is 1. The van der Waals surface area contributed by atoms with Crippen molar-refractivity contribution in [2.75, 3.05) is 5.32 Å². The van der Waals surface area contributed by atoms with E-state index < -0.39 is 12.1 Å². The fraction of sp³-hybridized carbons (Fsp3) is 0.176. The van der Waals surface area contributed by atoms with E-state index in [1.54, 1.807) is 12.1 Å². The third-order valence-electron chi connectivity index (χ3n) is 6.80. The second-order valence-corrected chi connectivity index (χ2v) is 9.69. The summed E-state index contributed by atoms with van der Waals surface area (Å²) < 4.78 is 11.8. The Balaban J connectivity index is 1.26. The molecule has 0 aliphatic heterocycles. The molecule has 40 heavy (non-hydrogen) atoms. The predicted molar refractivity (Wildman–Crippen MR) is 157 cm³/mol. The van der Waals surface area contributed by atoms with Gasteiger partial charge < -0.3 is 19.6 Å². The van der Waals surface area contributed by atoms with Crippen molar-refractivity contribution in [3.63, 3.8) is 0 Å². The second-order valence-electron chi connectivity index (χ2n) is 9.69. The Morgan fingerprint density at radius 2 is 1.50 bits per heavy atom. The molecular weight excluding hydrogens is 502 g/mol. The molecule has 1 amide bonds. The zero-order valence-electron chi connectivity index (χ0n) is 22.3. The van der Waals surface area contributed by atoms with Crippen LogP contribution in [0, 0.1) is 0 Å². The van der Waals surface area contributed by atoms with Crippen molar-refractivity contribution >= 4 is 28.5 Å². The van der Waals surface area contributed by atoms with Crippen molar-refractivity contribution in [2.45, 2.75) is 38.7 Å². The average molecular weight is 534 g/mol. The highest BCUT2D eigenvalue weighted by Crippen LogP contribution is 2.29. The first-order valence-corrected chi connectivity index (χ1v) is 13.5. The van der Waals surface area contributed by atoms with Gasteiger partial charge in [-0.2, -0.15) is 0 Å². The number of hydrogen-bond acceptors (Lipinski definition) is 4. The minimum Gasteiger partial charge on any atom is -0.478 e. The number of nitrogens with one attached hydrogen (secondary N) is 1. The monoisotopic (exact) mass is 533 g/mol. The molecule has 1 heterocycles. The van der Waals surface area contributed by atoms with Gasteiger partial charge in [0.2, 0.25) is 0 Å². The summed E-state index contributed by atoms with van der Waals surface area (Å²) in [6.07, 6.45) is 1.97. The van der Waals surface area contributed by atoms with Gasteiger partial charge in [-0.05, 0) is 53.4 Å². The van der Waals surface area contributed by atoms with Gasteiger partial charge in [0.25, 0.3) is 5.91 Å². The maximum absolute atomic E-state index is 13.3. The average Bonchev–Trinajstić information content (AvgIpc) is 3.35. The van der Waals surface area contributed by atoms with Crippen LogP contribution in [0.15, 0.2) is 108 Å². The molecule has 6 heteroatoms. The minimum absolute atomic E-state index is 0.186. The first-order valence-electron chi connectivity index (χ1n) is 13.5. The molecule has 6 nitrogen and oxygen atoms in total. The smallest absolute Gasteiger partial charge is 0.345 e. The number of fused-ring (bicyclic) bond motifs is 1. The number of anilines is 1. The summed E-state index contributed by atoms with van der Waals surface area (Å²) in [5, 5.41) is 13.5. The highest BCUT2D eigenvalue weighted by molar-refractivity contribution is 6.13. The van der Waals surface area contributed by atoms with Crippen molar-refractivity contribution in [3.8, 4) is 16.9 Å². The van der Waals surface area contributed by atoms with Gasteiger partial charge in [0.05, 0.1) is 5.56 Å². The van der Waals surface area contributed by atoms with Crippen LogP contribution in [0.3, 0.4) is 0 Å². The number of rotatable bonds is 11. The van der Waals surface area contributed by atoms with Gasteiger partial charge in [0.1, 0.15) is 17.1 Å². The molecule has 4 aromatic carbocycles. The van der Waals surface area contributed by atoms with Crippen molar-refractivity contribution in [1.82, 2.24) is 0 Å². The molecule has 5 aromatic rings. The third-order valence-corrected chi connectivity index (χ3v) is 6.80. The second kappa shape index (κ2) is 12.3. The molecule has 202 valence electrons. The molecular formula is C34H31NO5. The summed E-state index contributed by atoms with van der Waals surface area (Å²) >= 11 is 0. The Kier molecular flexibility index (Phi) is 8.26. The van der Waals surface area contributed by atoms with Crippen LogP contribution in [0.5, 0.6) is 5.75 Å². The van der Waals surface area contributed by atoms with E-state index in [-0.39, 0.29) is 12.3 Å². The van der Waals surface area contributed by atoms with Crippen molar-refractivity contribution in [2.24, 2.45) is 0 Å². The van der Waals surface area contributed by atoms with Gasteiger partial charge in [-0.1, -0.05) is 86.1 Å². The summed E-state index contributed by atoms with van der Waals surface area (Å²) in [7, 11) is 0. The van der Waals surface area contributed by atoms with Gasteiger partial charge in [-0.25, -0.2) is 4.79 Å². The number of carbonyl (C=O) groups is 2. The van der Waals surface area contributed by atoms with E-state index in [1.807, 2.05) is 91.0 Å². The molecule has 0 saturated carbocycles. The van der Waals surface area contributed by atoms with Gasteiger partial charge in [0.15, 0.2) is 6.10 Å². The van der Waals surface area contributed by atoms with Crippen molar-refractivity contribution in [3.05, 3.63) is 120 Å². The van der Waals surface area contributed by atoms with Crippen molar-refractivity contribution < 1.29 is 23.8 Å². The Bertz CT molecular complexity index is 1590. The number of para-hydroxylation sites is 1. The van der Waals surface area contributed by atoms with E-state index in [4.69, 9.17) is 9.15 Å². The summed E-state index contributed by atoms with van der Waals surface area (Å²) in [6, 6.07) is 32.0. The van der Waals surface area contributed by atoms with Crippen LogP contribution in [-0.2, 0) is 17.6 Å². The third kappa shape index (κ3) is 6.24. The molecule has 0 radical (unpaired) electrons. The molecule has 1 atom stereocenters. The van der Waals surface area contributed by atoms with Crippen LogP contribution in [0.4, 0.5) is 5.69 Å². The normalized spacial score (nSPS) is 11.7. The number of carboxylic acids is 1. The van der Waals surface area contributed by atoms with E-state index >= 15 is 0 Å². The molecule has 1 unspecified atom stereocenters. The number of furan rings is 1. The van der Waals surface area contributed by atoms with E-state index in [2.05, 4.69) is 12.2 Å². The highest BCUT2D eigenvalue weighted by atomic mass is 16.5. The molecule has 0 aliphatic rings. The maximum atomic E-state index is 13.3. The Morgan fingerprint density at radius 1 is 0.850 bits per heavy atom. The molecule has 0 fully saturated rings. The first-order chi connectivity index (χ1) is 19.5. The van der Waals surface area contributed by atoms with Crippen molar-refractivity contribution in [1.29, 1.82) is 0 Å². The summed E-state index contributed by atoms with van der Waals surface area (Å²) in [5.74, 6) is 0.0100. The largest absolute Gasteiger partial charge is 0.478 e. The van der Waals surface area contributed by atoms with Crippen LogP contribution in [0.2, 0.25) is 0 Å². The van der Waals surface area contributed by atoms with Gasteiger partial charge in [0, 0.05) is 23.9 Å². The lowest BCUT2D eigenvalue weighted by Gasteiger charge is -2.15. The molecule has 1 aromatic heterocycles. The van der Waals surface area contributed by atoms with E-state index in [9.17, 15) is 14.7 Å². The number of carboxylic acid groups (broad SMARTS) is 1. The lowest BCUT2D eigenvalue weighted by molar-refractivity contribution is -0.145. The van der Waals surface area contributed by atoms with Gasteiger partial charge in [-0.3, -0.25) is 4.79 Å². The van der Waals surface area contributed by atoms with E-state index in [0.717, 1.165) is 40.5 Å². The highest BCUT2D eigenvalue weighted by Gasteiger charge is 2.21. The summed E-state index contributed by atoms with van der Waals surface area (Å²) in [5.41, 5.74) is 4.80. The van der Waals surface area contributed by atoms with Crippen LogP contribution in [0.1, 0.15) is 41.4 Å². The molecule has 0 bridgehead atoms. The number of amides is 1. The minimum atomic E-state index is -1.01. The first kappa shape index (κ1) is 26.8. The van der Waals surface area contributed by atoms with Crippen LogP contribution in [0.25, 0.3) is 22.1 Å². The lowest BCUT2D eigenvalue weighted by atomic mass is 10.0. The Morgan fingerprint density at radius 3 is 2.17 bits per heavy atom.